The molecule has 4 nitrogen and oxygen atoms in total. The van der Waals surface area contributed by atoms with Gasteiger partial charge in [0.1, 0.15) is 0 Å². The molecule has 0 spiro atoms. The number of nitrogens with one attached hydrogen (secondary N) is 1. The van der Waals surface area contributed by atoms with E-state index in [9.17, 15) is 4.79 Å². The fourth-order valence-electron chi connectivity index (χ4n) is 1.34. The average Bonchev–Trinajstić information content (AvgIpc) is 2.47. The number of aryl methyl sites for hydroxylation is 1. The topological polar surface area (TPSA) is 71.8 Å². The molecule has 5 heteroatoms. The van der Waals surface area contributed by atoms with Crippen molar-refractivity contribution in [1.82, 2.24) is 10.2 Å². The highest BCUT2D eigenvalue weighted by Crippen LogP contribution is 2.17. The number of nitrogens with two attached hydrogens (primary N) is 1. The molecule has 0 aliphatic carbocycles. The molecule has 1 aromatic heterocycles. The van der Waals surface area contributed by atoms with Crippen molar-refractivity contribution in [3.05, 3.63) is 16.4 Å². The van der Waals surface area contributed by atoms with Gasteiger partial charge in [0, 0.05) is 5.69 Å². The van der Waals surface area contributed by atoms with Gasteiger partial charge in [-0.3, -0.25) is 9.89 Å². The molecule has 78 valence electrons. The third-order valence-corrected chi connectivity index (χ3v) is 2.35. The summed E-state index contributed by atoms with van der Waals surface area (Å²) < 4.78 is 0. The zero-order valence-corrected chi connectivity index (χ0v) is 8.90. The molecule has 3 N–H and O–H groups in total. The number of halogens is 1. The van der Waals surface area contributed by atoms with Crippen LogP contribution in [0.1, 0.15) is 42.2 Å². The van der Waals surface area contributed by atoms with Crippen molar-refractivity contribution in [2.24, 2.45) is 5.73 Å². The summed E-state index contributed by atoms with van der Waals surface area (Å²) >= 11 is 5.71. The van der Waals surface area contributed by atoms with E-state index in [0.717, 1.165) is 31.4 Å². The number of nitrogens with zero attached hydrogens (tertiary/aromatic N) is 1. The van der Waals surface area contributed by atoms with Gasteiger partial charge in [0.15, 0.2) is 5.15 Å². The molecule has 0 unspecified atom stereocenters. The van der Waals surface area contributed by atoms with E-state index in [1.54, 1.807) is 0 Å². The van der Waals surface area contributed by atoms with Crippen molar-refractivity contribution in [2.75, 3.05) is 0 Å². The number of amides is 1. The standard InChI is InChI=1S/C9H14ClN3O/c1-2-3-4-5-6-7(9(11)14)8(10)13-12-6/h2-5H2,1H3,(H2,11,14)(H,12,13). The zero-order chi connectivity index (χ0) is 10.6. The summed E-state index contributed by atoms with van der Waals surface area (Å²) in [7, 11) is 0. The minimum Gasteiger partial charge on any atom is -0.365 e. The minimum atomic E-state index is -0.518. The van der Waals surface area contributed by atoms with E-state index < -0.39 is 5.91 Å². The van der Waals surface area contributed by atoms with E-state index in [2.05, 4.69) is 17.1 Å². The monoisotopic (exact) mass is 215 g/mol. The number of primary amides is 1. The maximum Gasteiger partial charge on any atom is 0.253 e. The first kappa shape index (κ1) is 11.0. The van der Waals surface area contributed by atoms with Gasteiger partial charge < -0.3 is 5.73 Å². The van der Waals surface area contributed by atoms with Crippen LogP contribution in [0, 0.1) is 0 Å². The molecule has 1 heterocycles. The van der Waals surface area contributed by atoms with Crippen molar-refractivity contribution in [3.8, 4) is 0 Å². The molecule has 1 aromatic rings. The number of carbonyl (C=O) groups excluding carboxylic acids is 1. The second kappa shape index (κ2) is 5.00. The van der Waals surface area contributed by atoms with Crippen LogP contribution in [0.15, 0.2) is 0 Å². The molecule has 0 fully saturated rings. The van der Waals surface area contributed by atoms with Crippen LogP contribution in [0.2, 0.25) is 5.15 Å². The van der Waals surface area contributed by atoms with Crippen molar-refractivity contribution >= 4 is 17.5 Å². The summed E-state index contributed by atoms with van der Waals surface area (Å²) in [6.45, 7) is 2.12. The highest BCUT2D eigenvalue weighted by Gasteiger charge is 2.15. The molecule has 1 rings (SSSR count). The van der Waals surface area contributed by atoms with Crippen molar-refractivity contribution in [2.45, 2.75) is 32.6 Å². The van der Waals surface area contributed by atoms with E-state index in [4.69, 9.17) is 17.3 Å². The SMILES string of the molecule is CCCCCc1[nH]nc(Cl)c1C(N)=O. The van der Waals surface area contributed by atoms with E-state index in [1.807, 2.05) is 0 Å². The van der Waals surface area contributed by atoms with Crippen LogP contribution in [0.3, 0.4) is 0 Å². The van der Waals surface area contributed by atoms with E-state index >= 15 is 0 Å². The molecule has 0 radical (unpaired) electrons. The molecule has 0 atom stereocenters. The van der Waals surface area contributed by atoms with Crippen LogP contribution >= 0.6 is 11.6 Å². The van der Waals surface area contributed by atoms with Gasteiger partial charge in [0.25, 0.3) is 5.91 Å². The first-order chi connectivity index (χ1) is 6.66. The molecule has 0 bridgehead atoms. The van der Waals surface area contributed by atoms with Gasteiger partial charge in [-0.2, -0.15) is 5.10 Å². The third kappa shape index (κ3) is 2.48. The average molecular weight is 216 g/mol. The molecule has 14 heavy (non-hydrogen) atoms. The number of hydrogen-bond acceptors (Lipinski definition) is 2. The van der Waals surface area contributed by atoms with Crippen molar-refractivity contribution < 1.29 is 4.79 Å². The predicted octanol–water partition coefficient (Wildman–Crippen LogP) is 1.89. The van der Waals surface area contributed by atoms with Crippen LogP contribution in [-0.2, 0) is 6.42 Å². The zero-order valence-electron chi connectivity index (χ0n) is 8.14. The normalized spacial score (nSPS) is 10.4. The predicted molar refractivity (Wildman–Crippen MR) is 55.3 cm³/mol. The van der Waals surface area contributed by atoms with E-state index in [0.29, 0.717) is 5.56 Å². The summed E-state index contributed by atoms with van der Waals surface area (Å²) in [5.41, 5.74) is 6.26. The Morgan fingerprint density at radius 3 is 2.86 bits per heavy atom. The second-order valence-electron chi connectivity index (χ2n) is 3.19. The summed E-state index contributed by atoms with van der Waals surface area (Å²) in [5, 5.41) is 6.66. The number of H-pyrrole nitrogens is 1. The van der Waals surface area contributed by atoms with Gasteiger partial charge in [-0.25, -0.2) is 0 Å². The lowest BCUT2D eigenvalue weighted by molar-refractivity contribution is 0.0999. The van der Waals surface area contributed by atoms with Crippen molar-refractivity contribution in [3.63, 3.8) is 0 Å². The number of unbranched alkanes of at least 4 members (excludes halogenated alkanes) is 2. The quantitative estimate of drug-likeness (QED) is 0.737. The Hall–Kier alpha value is -1.03. The molecule has 0 saturated heterocycles. The molecule has 0 saturated carbocycles. The largest absolute Gasteiger partial charge is 0.365 e. The van der Waals surface area contributed by atoms with Crippen LogP contribution in [0.25, 0.3) is 0 Å². The van der Waals surface area contributed by atoms with E-state index in [-0.39, 0.29) is 5.15 Å². The van der Waals surface area contributed by atoms with Crippen LogP contribution in [0.4, 0.5) is 0 Å². The Labute approximate surface area is 87.8 Å². The summed E-state index contributed by atoms with van der Waals surface area (Å²) in [5.74, 6) is -0.518. The van der Waals surface area contributed by atoms with Crippen LogP contribution < -0.4 is 5.73 Å². The number of hydrogen-bond donors (Lipinski definition) is 2. The fourth-order valence-corrected chi connectivity index (χ4v) is 1.59. The fraction of sp³-hybridized carbons (Fsp3) is 0.556. The summed E-state index contributed by atoms with van der Waals surface area (Å²) in [6.07, 6.45) is 4.03. The number of rotatable bonds is 5. The first-order valence-electron chi connectivity index (χ1n) is 4.69. The molecular formula is C9H14ClN3O. The summed E-state index contributed by atoms with van der Waals surface area (Å²) in [6, 6.07) is 0. The van der Waals surface area contributed by atoms with Gasteiger partial charge in [-0.05, 0) is 12.8 Å². The van der Waals surface area contributed by atoms with E-state index in [1.165, 1.54) is 0 Å². The van der Waals surface area contributed by atoms with Gasteiger partial charge in [-0.1, -0.05) is 31.4 Å². The smallest absolute Gasteiger partial charge is 0.253 e. The Kier molecular flexibility index (Phi) is 3.95. The Morgan fingerprint density at radius 1 is 1.57 bits per heavy atom. The molecule has 0 aliphatic heterocycles. The van der Waals surface area contributed by atoms with Gasteiger partial charge in [-0.15, -0.1) is 0 Å². The van der Waals surface area contributed by atoms with Crippen molar-refractivity contribution in [1.29, 1.82) is 0 Å². The Morgan fingerprint density at radius 2 is 2.29 bits per heavy atom. The maximum absolute atomic E-state index is 11.0. The third-order valence-electron chi connectivity index (χ3n) is 2.07. The Balaban J connectivity index is 2.71. The minimum absolute atomic E-state index is 0.170. The molecule has 0 aliphatic rings. The van der Waals surface area contributed by atoms with Crippen LogP contribution in [0.5, 0.6) is 0 Å². The Bertz CT molecular complexity index is 322. The van der Waals surface area contributed by atoms with Gasteiger partial charge in [0.2, 0.25) is 0 Å². The van der Waals surface area contributed by atoms with Gasteiger partial charge >= 0.3 is 0 Å². The first-order valence-corrected chi connectivity index (χ1v) is 5.07. The number of aromatic nitrogens is 2. The lowest BCUT2D eigenvalue weighted by atomic mass is 10.1. The summed E-state index contributed by atoms with van der Waals surface area (Å²) in [4.78, 5) is 11.0. The highest BCUT2D eigenvalue weighted by atomic mass is 35.5. The number of carbonyl (C=O) groups is 1. The van der Waals surface area contributed by atoms with Crippen LogP contribution in [-0.4, -0.2) is 16.1 Å². The molecule has 1 amide bonds. The number of aromatic amines is 1. The maximum atomic E-state index is 11.0. The molecule has 0 aromatic carbocycles. The lowest BCUT2D eigenvalue weighted by Crippen LogP contribution is -2.13. The second-order valence-corrected chi connectivity index (χ2v) is 3.55. The lowest BCUT2D eigenvalue weighted by Gasteiger charge is -1.98. The van der Waals surface area contributed by atoms with Gasteiger partial charge in [0.05, 0.1) is 5.56 Å². The highest BCUT2D eigenvalue weighted by molar-refractivity contribution is 6.32. The molecular weight excluding hydrogens is 202 g/mol.